The number of nitrogens with zero attached hydrogens (tertiary/aromatic N) is 4. The summed E-state index contributed by atoms with van der Waals surface area (Å²) >= 11 is 6.11. The number of esters is 2. The van der Waals surface area contributed by atoms with Crippen molar-refractivity contribution in [1.82, 2.24) is 0 Å². The number of nitro groups is 1. The van der Waals surface area contributed by atoms with Crippen molar-refractivity contribution in [3.63, 3.8) is 0 Å². The van der Waals surface area contributed by atoms with Gasteiger partial charge in [0.2, 0.25) is 0 Å². The van der Waals surface area contributed by atoms with Gasteiger partial charge in [0.25, 0.3) is 5.69 Å². The van der Waals surface area contributed by atoms with E-state index in [-0.39, 0.29) is 42.3 Å². The van der Waals surface area contributed by atoms with E-state index in [1.807, 2.05) is 93.6 Å². The third kappa shape index (κ3) is 20.7. The van der Waals surface area contributed by atoms with Crippen molar-refractivity contribution in [1.29, 1.82) is 0 Å². The molecule has 0 saturated carbocycles. The number of nitro benzene ring substituents is 1. The van der Waals surface area contributed by atoms with Gasteiger partial charge < -0.3 is 42.8 Å². The van der Waals surface area contributed by atoms with Crippen LogP contribution in [0.5, 0.6) is 11.5 Å². The molecule has 4 aromatic carbocycles. The van der Waals surface area contributed by atoms with Crippen LogP contribution in [0.4, 0.5) is 22.7 Å². The van der Waals surface area contributed by atoms with Crippen LogP contribution >= 0.6 is 11.6 Å². The normalized spacial score (nSPS) is 11.4. The molecule has 4 aromatic rings. The summed E-state index contributed by atoms with van der Waals surface area (Å²) in [4.78, 5) is 36.8. The number of azo groups is 1. The molecule has 0 radical (unpaired) electrons. The van der Waals surface area contributed by atoms with Gasteiger partial charge in [-0.3, -0.25) is 19.7 Å². The molecule has 346 valence electrons. The second-order valence-electron chi connectivity index (χ2n) is 15.1. The molecule has 0 aliphatic rings. The van der Waals surface area contributed by atoms with E-state index < -0.39 is 10.5 Å². The number of rotatable bonds is 30. The summed E-state index contributed by atoms with van der Waals surface area (Å²) in [5.74, 6) is 0.879. The van der Waals surface area contributed by atoms with E-state index in [0.717, 1.165) is 29.1 Å². The minimum absolute atomic E-state index is 0.112. The SMILES string of the molecule is CCN(CCOc1ccc(CC(=O)OCCOCCOCCOCCOCCOc2ccc(CCC(=O)OC(C)(C)C)cc2)cc1)c1ccc(N=Nc2ccc([N+](=O)[O-])cc2Cl)cc1. The van der Waals surface area contributed by atoms with Crippen molar-refractivity contribution < 1.29 is 52.4 Å². The second kappa shape index (κ2) is 28.2. The monoisotopic (exact) mass is 906 g/mol. The number of anilines is 1. The molecule has 0 saturated heterocycles. The number of carbonyl (C=O) groups is 2. The molecule has 4 rings (SSSR count). The standard InChI is InChI=1S/C47H59ClN4O12/c1-5-51(39-13-11-38(12-14-39)49-50-44-20-15-40(52(55)56)35-43(44)48)22-23-61-41-18-8-37(9-19-41)34-46(54)63-33-31-60-29-27-58-25-24-57-26-28-59-30-32-62-42-16-6-36(7-17-42)10-21-45(53)64-47(2,3)4/h6-9,11-20,35H,5,10,21-34H2,1-4H3. The average Bonchev–Trinajstić information content (AvgIpc) is 3.27. The van der Waals surface area contributed by atoms with Gasteiger partial charge in [0, 0.05) is 30.8 Å². The quantitative estimate of drug-likeness (QED) is 0.0159. The smallest absolute Gasteiger partial charge is 0.310 e. The molecule has 0 heterocycles. The van der Waals surface area contributed by atoms with Crippen LogP contribution in [0.2, 0.25) is 5.02 Å². The molecule has 17 heteroatoms. The fourth-order valence-electron chi connectivity index (χ4n) is 5.78. The Balaban J connectivity index is 0.946. The second-order valence-corrected chi connectivity index (χ2v) is 15.5. The lowest BCUT2D eigenvalue weighted by molar-refractivity contribution is -0.384. The summed E-state index contributed by atoms with van der Waals surface area (Å²) in [6.45, 7) is 13.2. The number of hydrogen-bond acceptors (Lipinski definition) is 15. The molecule has 0 atom stereocenters. The van der Waals surface area contributed by atoms with Crippen LogP contribution < -0.4 is 14.4 Å². The Bertz CT molecular complexity index is 2030. The predicted octanol–water partition coefficient (Wildman–Crippen LogP) is 9.07. The molecule has 0 fully saturated rings. The third-order valence-electron chi connectivity index (χ3n) is 8.98. The first-order valence-corrected chi connectivity index (χ1v) is 21.6. The molecule has 0 aliphatic carbocycles. The van der Waals surface area contributed by atoms with Gasteiger partial charge >= 0.3 is 11.9 Å². The maximum Gasteiger partial charge on any atom is 0.310 e. The van der Waals surface area contributed by atoms with E-state index in [1.165, 1.54) is 18.2 Å². The highest BCUT2D eigenvalue weighted by atomic mass is 35.5. The first-order chi connectivity index (χ1) is 30.9. The predicted molar refractivity (Wildman–Crippen MR) is 243 cm³/mol. The molecule has 16 nitrogen and oxygen atoms in total. The van der Waals surface area contributed by atoms with Gasteiger partial charge in [0.15, 0.2) is 0 Å². The van der Waals surface area contributed by atoms with E-state index in [4.69, 9.17) is 49.5 Å². The van der Waals surface area contributed by atoms with Gasteiger partial charge in [-0.25, -0.2) is 0 Å². The van der Waals surface area contributed by atoms with Crippen molar-refractivity contribution in [3.05, 3.63) is 117 Å². The van der Waals surface area contributed by atoms with Crippen molar-refractivity contribution >= 4 is 46.3 Å². The summed E-state index contributed by atoms with van der Waals surface area (Å²) in [5, 5.41) is 19.4. The van der Waals surface area contributed by atoms with E-state index in [0.29, 0.717) is 96.0 Å². The summed E-state index contributed by atoms with van der Waals surface area (Å²) in [7, 11) is 0. The van der Waals surface area contributed by atoms with Crippen LogP contribution in [0.3, 0.4) is 0 Å². The highest BCUT2D eigenvalue weighted by Crippen LogP contribution is 2.31. The molecular formula is C47H59ClN4O12. The molecule has 0 unspecified atom stereocenters. The molecule has 0 aliphatic heterocycles. The average molecular weight is 907 g/mol. The van der Waals surface area contributed by atoms with E-state index in [1.54, 1.807) is 0 Å². The zero-order chi connectivity index (χ0) is 46.0. The fraction of sp³-hybridized carbons (Fsp3) is 0.447. The van der Waals surface area contributed by atoms with Gasteiger partial charge in [0.1, 0.15) is 42.6 Å². The number of ether oxygens (including phenoxy) is 8. The number of hydrogen-bond donors (Lipinski definition) is 0. The molecule has 64 heavy (non-hydrogen) atoms. The van der Waals surface area contributed by atoms with Gasteiger partial charge in [-0.05, 0) is 99.8 Å². The number of likely N-dealkylation sites (N-methyl/N-ethyl adjacent to an activating group) is 1. The van der Waals surface area contributed by atoms with Gasteiger partial charge in [0.05, 0.1) is 81.5 Å². The zero-order valence-electron chi connectivity index (χ0n) is 37.0. The van der Waals surface area contributed by atoms with E-state index in [9.17, 15) is 19.7 Å². The van der Waals surface area contributed by atoms with Crippen LogP contribution in [0.1, 0.15) is 45.2 Å². The van der Waals surface area contributed by atoms with Crippen LogP contribution in [0.25, 0.3) is 0 Å². The Labute approximate surface area is 379 Å². The number of aryl methyl sites for hydroxylation is 1. The van der Waals surface area contributed by atoms with Crippen molar-refractivity contribution in [2.75, 3.05) is 90.7 Å². The Morgan fingerprint density at radius 2 is 1.22 bits per heavy atom. The van der Waals surface area contributed by atoms with Gasteiger partial charge in [-0.2, -0.15) is 5.11 Å². The number of carbonyl (C=O) groups excluding carboxylic acids is 2. The minimum atomic E-state index is -0.518. The lowest BCUT2D eigenvalue weighted by Gasteiger charge is -2.23. The van der Waals surface area contributed by atoms with Crippen LogP contribution in [0.15, 0.2) is 101 Å². The maximum atomic E-state index is 12.3. The largest absolute Gasteiger partial charge is 0.492 e. The fourth-order valence-corrected chi connectivity index (χ4v) is 6.00. The summed E-state index contributed by atoms with van der Waals surface area (Å²) in [5.41, 5.74) is 3.20. The molecular weight excluding hydrogens is 848 g/mol. The highest BCUT2D eigenvalue weighted by molar-refractivity contribution is 6.33. The maximum absolute atomic E-state index is 12.3. The summed E-state index contributed by atoms with van der Waals surface area (Å²) in [6.07, 6.45) is 1.09. The first kappa shape index (κ1) is 51.0. The van der Waals surface area contributed by atoms with Crippen LogP contribution in [0, 0.1) is 10.1 Å². The van der Waals surface area contributed by atoms with Crippen LogP contribution in [-0.4, -0.2) is 108 Å². The van der Waals surface area contributed by atoms with Crippen molar-refractivity contribution in [2.24, 2.45) is 10.2 Å². The van der Waals surface area contributed by atoms with Crippen molar-refractivity contribution in [2.45, 2.75) is 52.6 Å². The van der Waals surface area contributed by atoms with Gasteiger partial charge in [-0.15, -0.1) is 5.11 Å². The number of halogens is 1. The first-order valence-electron chi connectivity index (χ1n) is 21.2. The van der Waals surface area contributed by atoms with Crippen LogP contribution in [-0.2, 0) is 50.9 Å². The Morgan fingerprint density at radius 1 is 0.672 bits per heavy atom. The Hall–Kier alpha value is -5.65. The molecule has 0 spiro atoms. The minimum Gasteiger partial charge on any atom is -0.492 e. The van der Waals surface area contributed by atoms with E-state index >= 15 is 0 Å². The molecule has 0 amide bonds. The topological polar surface area (TPSA) is 179 Å². The van der Waals surface area contributed by atoms with E-state index in [2.05, 4.69) is 22.1 Å². The lowest BCUT2D eigenvalue weighted by atomic mass is 10.1. The molecule has 0 aromatic heterocycles. The van der Waals surface area contributed by atoms with Gasteiger partial charge in [-0.1, -0.05) is 35.9 Å². The Kier molecular flexibility index (Phi) is 22.5. The summed E-state index contributed by atoms with van der Waals surface area (Å²) < 4.78 is 44.4. The number of benzene rings is 4. The lowest BCUT2D eigenvalue weighted by Crippen LogP contribution is -2.27. The Morgan fingerprint density at radius 3 is 1.77 bits per heavy atom. The zero-order valence-corrected chi connectivity index (χ0v) is 37.8. The molecule has 0 N–H and O–H groups in total. The third-order valence-corrected chi connectivity index (χ3v) is 9.28. The van der Waals surface area contributed by atoms with Crippen molar-refractivity contribution in [3.8, 4) is 11.5 Å². The highest BCUT2D eigenvalue weighted by Gasteiger charge is 2.16. The number of non-ortho nitro benzene ring substituents is 1. The summed E-state index contributed by atoms with van der Waals surface area (Å²) in [6, 6.07) is 26.6. The molecule has 0 bridgehead atoms.